The topological polar surface area (TPSA) is 58.9 Å². The second-order valence-corrected chi connectivity index (χ2v) is 6.66. The number of ketones is 1. The quantitative estimate of drug-likeness (QED) is 0.785. The van der Waals surface area contributed by atoms with Crippen molar-refractivity contribution in [1.29, 1.82) is 0 Å². The molecule has 0 radical (unpaired) electrons. The van der Waals surface area contributed by atoms with E-state index in [1.54, 1.807) is 14.0 Å². The Labute approximate surface area is 153 Å². The molecule has 0 heterocycles. The summed E-state index contributed by atoms with van der Waals surface area (Å²) in [6, 6.07) is 15.4. The lowest BCUT2D eigenvalue weighted by Crippen LogP contribution is -2.22. The van der Waals surface area contributed by atoms with E-state index < -0.39 is 0 Å². The van der Waals surface area contributed by atoms with Crippen LogP contribution in [-0.4, -0.2) is 23.7 Å². The number of aliphatic imine (C=N–C) groups is 1. The summed E-state index contributed by atoms with van der Waals surface area (Å²) in [5.41, 5.74) is 3.87. The molecule has 1 atom stereocenters. The van der Waals surface area contributed by atoms with Crippen LogP contribution in [0.1, 0.15) is 36.8 Å². The second-order valence-electron chi connectivity index (χ2n) is 6.66. The number of aryl methyl sites for hydroxylation is 1. The summed E-state index contributed by atoms with van der Waals surface area (Å²) >= 11 is 0. The number of ether oxygens (including phenoxy) is 1. The Morgan fingerprint density at radius 1 is 1.08 bits per heavy atom. The van der Waals surface area contributed by atoms with Crippen LogP contribution in [0, 0.1) is 6.92 Å². The van der Waals surface area contributed by atoms with Gasteiger partial charge in [0, 0.05) is 12.8 Å². The molecule has 1 aliphatic rings. The molecular formula is C22H23NO3. The summed E-state index contributed by atoms with van der Waals surface area (Å²) in [4.78, 5) is 17.2. The van der Waals surface area contributed by atoms with E-state index in [9.17, 15) is 9.90 Å². The number of benzene rings is 2. The van der Waals surface area contributed by atoms with Crippen LogP contribution in [0.15, 0.2) is 64.9 Å². The van der Waals surface area contributed by atoms with Gasteiger partial charge in [-0.1, -0.05) is 29.8 Å². The first-order chi connectivity index (χ1) is 12.5. The molecule has 0 saturated heterocycles. The van der Waals surface area contributed by atoms with Crippen molar-refractivity contribution in [2.75, 3.05) is 7.11 Å². The molecule has 1 N–H and O–H groups in total. The highest BCUT2D eigenvalue weighted by Crippen LogP contribution is 2.35. The Morgan fingerprint density at radius 3 is 2.31 bits per heavy atom. The molecule has 1 aliphatic carbocycles. The molecule has 3 rings (SSSR count). The van der Waals surface area contributed by atoms with Crippen molar-refractivity contribution < 1.29 is 14.6 Å². The van der Waals surface area contributed by atoms with E-state index >= 15 is 0 Å². The van der Waals surface area contributed by atoms with Gasteiger partial charge in [0.05, 0.1) is 24.1 Å². The van der Waals surface area contributed by atoms with E-state index in [0.29, 0.717) is 24.1 Å². The van der Waals surface area contributed by atoms with Crippen molar-refractivity contribution in [2.45, 2.75) is 32.6 Å². The molecule has 0 aliphatic heterocycles. The van der Waals surface area contributed by atoms with Crippen molar-refractivity contribution in [1.82, 2.24) is 0 Å². The summed E-state index contributed by atoms with van der Waals surface area (Å²) in [5, 5.41) is 10.5. The SMILES string of the molecule is COc1ccc(C2CC(=O)C(C(C)=Nc3ccc(C)cc3)=C(O)C2)cc1. The third-order valence-corrected chi connectivity index (χ3v) is 4.72. The minimum atomic E-state index is -0.0667. The molecule has 0 spiro atoms. The Kier molecular flexibility index (Phi) is 5.21. The molecule has 26 heavy (non-hydrogen) atoms. The molecular weight excluding hydrogens is 326 g/mol. The standard InChI is InChI=1S/C22H23NO3/c1-14-4-8-18(9-5-14)23-15(2)22-20(24)12-17(13-21(22)25)16-6-10-19(26-3)11-7-16/h4-11,17,24H,12-13H2,1-3H3. The lowest BCUT2D eigenvalue weighted by Gasteiger charge is -2.24. The number of nitrogens with zero attached hydrogens (tertiary/aromatic N) is 1. The fourth-order valence-corrected chi connectivity index (χ4v) is 3.29. The van der Waals surface area contributed by atoms with Crippen LogP contribution in [0.4, 0.5) is 5.69 Å². The highest BCUT2D eigenvalue weighted by atomic mass is 16.5. The zero-order valence-electron chi connectivity index (χ0n) is 15.3. The molecule has 0 fully saturated rings. The van der Waals surface area contributed by atoms with Gasteiger partial charge in [0.15, 0.2) is 5.78 Å². The summed E-state index contributed by atoms with van der Waals surface area (Å²) in [6.45, 7) is 3.79. The predicted octanol–water partition coefficient (Wildman–Crippen LogP) is 5.05. The normalized spacial score (nSPS) is 18.2. The smallest absolute Gasteiger partial charge is 0.168 e. The Balaban J connectivity index is 1.84. The van der Waals surface area contributed by atoms with Gasteiger partial charge < -0.3 is 9.84 Å². The average Bonchev–Trinajstić information content (AvgIpc) is 2.63. The monoisotopic (exact) mass is 349 g/mol. The fraction of sp³-hybridized carbons (Fsp3) is 0.273. The fourth-order valence-electron chi connectivity index (χ4n) is 3.29. The summed E-state index contributed by atoms with van der Waals surface area (Å²) in [6.07, 6.45) is 0.806. The van der Waals surface area contributed by atoms with Gasteiger partial charge in [0.2, 0.25) is 0 Å². The number of carbonyl (C=O) groups is 1. The Hall–Kier alpha value is -2.88. The first-order valence-electron chi connectivity index (χ1n) is 8.69. The van der Waals surface area contributed by atoms with Crippen LogP contribution in [-0.2, 0) is 4.79 Å². The maximum Gasteiger partial charge on any atom is 0.168 e. The van der Waals surface area contributed by atoms with Crippen molar-refractivity contribution in [3.8, 4) is 5.75 Å². The van der Waals surface area contributed by atoms with Gasteiger partial charge in [0.1, 0.15) is 11.5 Å². The molecule has 0 saturated carbocycles. The number of hydrogen-bond acceptors (Lipinski definition) is 4. The first kappa shape index (κ1) is 17.9. The Morgan fingerprint density at radius 2 is 1.73 bits per heavy atom. The number of carbonyl (C=O) groups excluding carboxylic acids is 1. The maximum atomic E-state index is 12.7. The van der Waals surface area contributed by atoms with E-state index in [-0.39, 0.29) is 17.5 Å². The highest BCUT2D eigenvalue weighted by molar-refractivity contribution is 6.23. The van der Waals surface area contributed by atoms with Crippen LogP contribution >= 0.6 is 0 Å². The number of Topliss-reactive ketones (excluding diaryl/α,β-unsaturated/α-hetero) is 1. The highest BCUT2D eigenvalue weighted by Gasteiger charge is 2.30. The summed E-state index contributed by atoms with van der Waals surface area (Å²) < 4.78 is 5.17. The molecule has 2 aromatic carbocycles. The van der Waals surface area contributed by atoms with E-state index in [1.807, 2.05) is 55.5 Å². The van der Waals surface area contributed by atoms with E-state index in [0.717, 1.165) is 22.6 Å². The van der Waals surface area contributed by atoms with Crippen LogP contribution in [0.3, 0.4) is 0 Å². The average molecular weight is 349 g/mol. The van der Waals surface area contributed by atoms with Gasteiger partial charge in [-0.25, -0.2) is 0 Å². The third-order valence-electron chi connectivity index (χ3n) is 4.72. The molecule has 4 heteroatoms. The van der Waals surface area contributed by atoms with Crippen molar-refractivity contribution in [2.24, 2.45) is 4.99 Å². The molecule has 1 unspecified atom stereocenters. The van der Waals surface area contributed by atoms with Gasteiger partial charge in [-0.2, -0.15) is 0 Å². The van der Waals surface area contributed by atoms with Gasteiger partial charge in [-0.15, -0.1) is 0 Å². The van der Waals surface area contributed by atoms with Crippen LogP contribution in [0.2, 0.25) is 0 Å². The number of aliphatic hydroxyl groups excluding tert-OH is 1. The van der Waals surface area contributed by atoms with Gasteiger partial charge in [-0.05, 0) is 49.6 Å². The van der Waals surface area contributed by atoms with Gasteiger partial charge in [-0.3, -0.25) is 9.79 Å². The van der Waals surface area contributed by atoms with E-state index in [2.05, 4.69) is 4.99 Å². The number of aliphatic hydroxyl groups is 1. The second kappa shape index (κ2) is 7.56. The zero-order valence-corrected chi connectivity index (χ0v) is 15.3. The zero-order chi connectivity index (χ0) is 18.7. The summed E-state index contributed by atoms with van der Waals surface area (Å²) in [5.74, 6) is 0.806. The van der Waals surface area contributed by atoms with Crippen LogP contribution in [0.25, 0.3) is 0 Å². The number of methoxy groups -OCH3 is 1. The van der Waals surface area contributed by atoms with Crippen LogP contribution < -0.4 is 4.74 Å². The molecule has 134 valence electrons. The minimum absolute atomic E-state index is 0.0238. The minimum Gasteiger partial charge on any atom is -0.511 e. The van der Waals surface area contributed by atoms with E-state index in [1.165, 1.54) is 0 Å². The van der Waals surface area contributed by atoms with E-state index in [4.69, 9.17) is 4.74 Å². The maximum absolute atomic E-state index is 12.7. The number of allylic oxidation sites excluding steroid dienone is 2. The lowest BCUT2D eigenvalue weighted by molar-refractivity contribution is -0.116. The predicted molar refractivity (Wildman–Crippen MR) is 104 cm³/mol. The third kappa shape index (κ3) is 3.85. The van der Waals surface area contributed by atoms with Crippen molar-refractivity contribution >= 4 is 17.2 Å². The molecule has 2 aromatic rings. The largest absolute Gasteiger partial charge is 0.511 e. The first-order valence-corrected chi connectivity index (χ1v) is 8.69. The van der Waals surface area contributed by atoms with Gasteiger partial charge in [0.25, 0.3) is 0 Å². The lowest BCUT2D eigenvalue weighted by atomic mass is 9.81. The van der Waals surface area contributed by atoms with Crippen LogP contribution in [0.5, 0.6) is 5.75 Å². The number of hydrogen-bond donors (Lipinski definition) is 1. The molecule has 0 aromatic heterocycles. The molecule has 0 bridgehead atoms. The number of rotatable bonds is 4. The Bertz CT molecular complexity index is 861. The van der Waals surface area contributed by atoms with Gasteiger partial charge >= 0.3 is 0 Å². The molecule has 4 nitrogen and oxygen atoms in total. The summed E-state index contributed by atoms with van der Waals surface area (Å²) in [7, 11) is 1.62. The molecule has 0 amide bonds. The van der Waals surface area contributed by atoms with Crippen molar-refractivity contribution in [3.63, 3.8) is 0 Å². The van der Waals surface area contributed by atoms with Crippen molar-refractivity contribution in [3.05, 3.63) is 71.0 Å².